The lowest BCUT2D eigenvalue weighted by Gasteiger charge is -2.07. The molecule has 134 valence electrons. The molecule has 3 rings (SSSR count). The predicted octanol–water partition coefficient (Wildman–Crippen LogP) is 3.64. The molecule has 26 heavy (non-hydrogen) atoms. The van der Waals surface area contributed by atoms with E-state index in [9.17, 15) is 9.59 Å². The number of ether oxygens (including phenoxy) is 3. The first-order valence-corrected chi connectivity index (χ1v) is 8.19. The highest BCUT2D eigenvalue weighted by molar-refractivity contribution is 5.99. The Kier molecular flexibility index (Phi) is 5.53. The molecule has 6 nitrogen and oxygen atoms in total. The topological polar surface area (TPSA) is 75.0 Å². The molecule has 0 amide bonds. The molecule has 0 unspecified atom stereocenters. The maximum absolute atomic E-state index is 12.1. The zero-order valence-corrected chi connectivity index (χ0v) is 14.3. The minimum Gasteiger partial charge on any atom is -0.494 e. The predicted molar refractivity (Wildman–Crippen MR) is 94.6 cm³/mol. The largest absolute Gasteiger partial charge is 0.494 e. The van der Waals surface area contributed by atoms with Crippen LogP contribution in [0.3, 0.4) is 0 Å². The molecule has 1 aromatic heterocycles. The van der Waals surface area contributed by atoms with E-state index in [0.29, 0.717) is 17.9 Å². The van der Waals surface area contributed by atoms with Crippen molar-refractivity contribution in [3.05, 3.63) is 60.4 Å². The van der Waals surface area contributed by atoms with Crippen LogP contribution in [0, 0.1) is 0 Å². The standard InChI is InChI=1S/C20H18O6/c1-2-23-15-7-9-16(10-8-15)24-13-20(22)25-12-17(21)19-11-14-5-3-4-6-18(14)26-19/h3-11H,2,12-13H2,1H3. The van der Waals surface area contributed by atoms with Crippen LogP contribution in [0.4, 0.5) is 0 Å². The number of esters is 1. The van der Waals surface area contributed by atoms with Crippen molar-refractivity contribution in [2.75, 3.05) is 19.8 Å². The number of carbonyl (C=O) groups is 2. The van der Waals surface area contributed by atoms with E-state index in [-0.39, 0.29) is 12.4 Å². The van der Waals surface area contributed by atoms with E-state index in [1.54, 1.807) is 36.4 Å². The van der Waals surface area contributed by atoms with Crippen LogP contribution in [0.1, 0.15) is 17.5 Å². The summed E-state index contributed by atoms with van der Waals surface area (Å²) in [5.41, 5.74) is 0.612. The molecule has 6 heteroatoms. The summed E-state index contributed by atoms with van der Waals surface area (Å²) < 4.78 is 21.0. The number of carbonyl (C=O) groups excluding carboxylic acids is 2. The van der Waals surface area contributed by atoms with Crippen molar-refractivity contribution in [3.63, 3.8) is 0 Å². The molecule has 0 N–H and O–H groups in total. The van der Waals surface area contributed by atoms with Gasteiger partial charge in [0.1, 0.15) is 17.1 Å². The van der Waals surface area contributed by atoms with Crippen molar-refractivity contribution in [2.24, 2.45) is 0 Å². The Morgan fingerprint density at radius 3 is 2.31 bits per heavy atom. The first kappa shape index (κ1) is 17.5. The van der Waals surface area contributed by atoms with E-state index >= 15 is 0 Å². The molecule has 0 aliphatic rings. The minimum absolute atomic E-state index is 0.159. The fourth-order valence-electron chi connectivity index (χ4n) is 2.32. The van der Waals surface area contributed by atoms with Crippen LogP contribution >= 0.6 is 0 Å². The molecular formula is C20H18O6. The molecule has 0 spiro atoms. The summed E-state index contributed by atoms with van der Waals surface area (Å²) in [5, 5.41) is 0.820. The number of furan rings is 1. The number of fused-ring (bicyclic) bond motifs is 1. The number of hydrogen-bond donors (Lipinski definition) is 0. The first-order valence-electron chi connectivity index (χ1n) is 8.19. The van der Waals surface area contributed by atoms with E-state index < -0.39 is 18.4 Å². The van der Waals surface area contributed by atoms with Gasteiger partial charge in [-0.05, 0) is 43.3 Å². The van der Waals surface area contributed by atoms with Crippen molar-refractivity contribution < 1.29 is 28.2 Å². The third kappa shape index (κ3) is 4.42. The zero-order valence-electron chi connectivity index (χ0n) is 14.3. The average Bonchev–Trinajstić information content (AvgIpc) is 3.10. The average molecular weight is 354 g/mol. The van der Waals surface area contributed by atoms with Crippen LogP contribution in [-0.4, -0.2) is 31.6 Å². The Hall–Kier alpha value is -3.28. The lowest BCUT2D eigenvalue weighted by molar-refractivity contribution is -0.144. The molecule has 0 aliphatic heterocycles. The van der Waals surface area contributed by atoms with Gasteiger partial charge in [-0.2, -0.15) is 0 Å². The summed E-state index contributed by atoms with van der Waals surface area (Å²) in [6.45, 7) is 1.78. The van der Waals surface area contributed by atoms with E-state index in [2.05, 4.69) is 0 Å². The Bertz CT molecular complexity index is 861. The lowest BCUT2D eigenvalue weighted by atomic mass is 10.2. The Labute approximate surface area is 150 Å². The van der Waals surface area contributed by atoms with Gasteiger partial charge < -0.3 is 18.6 Å². The Morgan fingerprint density at radius 1 is 0.923 bits per heavy atom. The fourth-order valence-corrected chi connectivity index (χ4v) is 2.32. The summed E-state index contributed by atoms with van der Waals surface area (Å²) in [6, 6.07) is 15.8. The summed E-state index contributed by atoms with van der Waals surface area (Å²) in [4.78, 5) is 23.8. The van der Waals surface area contributed by atoms with Crippen molar-refractivity contribution in [2.45, 2.75) is 6.92 Å². The lowest BCUT2D eigenvalue weighted by Crippen LogP contribution is -2.19. The van der Waals surface area contributed by atoms with Gasteiger partial charge in [0.05, 0.1) is 6.61 Å². The first-order chi connectivity index (χ1) is 12.7. The summed E-state index contributed by atoms with van der Waals surface area (Å²) >= 11 is 0. The molecular weight excluding hydrogens is 336 g/mol. The SMILES string of the molecule is CCOc1ccc(OCC(=O)OCC(=O)c2cc3ccccc3o2)cc1. The zero-order chi connectivity index (χ0) is 18.4. The maximum atomic E-state index is 12.1. The number of Topliss-reactive ketones (excluding diaryl/α,β-unsaturated/α-hetero) is 1. The second-order valence-electron chi connectivity index (χ2n) is 5.43. The van der Waals surface area contributed by atoms with Crippen molar-refractivity contribution in [1.82, 2.24) is 0 Å². The van der Waals surface area contributed by atoms with Gasteiger partial charge in [0, 0.05) is 5.39 Å². The highest BCUT2D eigenvalue weighted by Crippen LogP contribution is 2.19. The van der Waals surface area contributed by atoms with Crippen LogP contribution in [0.2, 0.25) is 0 Å². The van der Waals surface area contributed by atoms with Gasteiger partial charge in [-0.15, -0.1) is 0 Å². The maximum Gasteiger partial charge on any atom is 0.344 e. The monoisotopic (exact) mass is 354 g/mol. The minimum atomic E-state index is -0.636. The van der Waals surface area contributed by atoms with E-state index in [0.717, 1.165) is 11.1 Å². The van der Waals surface area contributed by atoms with Crippen LogP contribution < -0.4 is 9.47 Å². The number of ketones is 1. The van der Waals surface area contributed by atoms with Gasteiger partial charge in [0.2, 0.25) is 5.78 Å². The fraction of sp³-hybridized carbons (Fsp3) is 0.200. The van der Waals surface area contributed by atoms with Crippen LogP contribution in [0.25, 0.3) is 11.0 Å². The van der Waals surface area contributed by atoms with Gasteiger partial charge in [-0.25, -0.2) is 4.79 Å². The summed E-state index contributed by atoms with van der Waals surface area (Å²) in [7, 11) is 0. The van der Waals surface area contributed by atoms with Gasteiger partial charge in [-0.1, -0.05) is 18.2 Å². The van der Waals surface area contributed by atoms with Gasteiger partial charge >= 0.3 is 5.97 Å². The third-order valence-corrected chi connectivity index (χ3v) is 3.56. The Morgan fingerprint density at radius 2 is 1.62 bits per heavy atom. The third-order valence-electron chi connectivity index (χ3n) is 3.56. The van der Waals surface area contributed by atoms with Crippen LogP contribution in [0.5, 0.6) is 11.5 Å². The van der Waals surface area contributed by atoms with Gasteiger partial charge in [0.15, 0.2) is 19.0 Å². The number of rotatable bonds is 8. The number of hydrogen-bond acceptors (Lipinski definition) is 6. The molecule has 0 fully saturated rings. The van der Waals surface area contributed by atoms with Crippen molar-refractivity contribution in [1.29, 1.82) is 0 Å². The molecule has 1 heterocycles. The second-order valence-corrected chi connectivity index (χ2v) is 5.43. The number of para-hydroxylation sites is 1. The normalized spacial score (nSPS) is 10.5. The Balaban J connectivity index is 1.46. The molecule has 0 saturated heterocycles. The van der Waals surface area contributed by atoms with E-state index in [1.807, 2.05) is 25.1 Å². The van der Waals surface area contributed by atoms with Gasteiger partial charge in [0.25, 0.3) is 0 Å². The summed E-state index contributed by atoms with van der Waals surface area (Å²) in [6.07, 6.45) is 0. The highest BCUT2D eigenvalue weighted by Gasteiger charge is 2.15. The molecule has 0 saturated carbocycles. The van der Waals surface area contributed by atoms with Crippen LogP contribution in [-0.2, 0) is 9.53 Å². The van der Waals surface area contributed by atoms with Gasteiger partial charge in [-0.3, -0.25) is 4.79 Å². The van der Waals surface area contributed by atoms with E-state index in [4.69, 9.17) is 18.6 Å². The molecule has 0 aliphatic carbocycles. The molecule has 3 aromatic rings. The summed E-state index contributed by atoms with van der Waals surface area (Å²) in [5.74, 6) is 0.346. The number of benzene rings is 2. The molecule has 0 radical (unpaired) electrons. The van der Waals surface area contributed by atoms with Crippen molar-refractivity contribution >= 4 is 22.7 Å². The quantitative estimate of drug-likeness (QED) is 0.454. The highest BCUT2D eigenvalue weighted by atomic mass is 16.6. The molecule has 2 aromatic carbocycles. The smallest absolute Gasteiger partial charge is 0.344 e. The van der Waals surface area contributed by atoms with Crippen LogP contribution in [0.15, 0.2) is 59.0 Å². The van der Waals surface area contributed by atoms with E-state index in [1.165, 1.54) is 0 Å². The second kappa shape index (κ2) is 8.20. The molecule has 0 bridgehead atoms. The molecule has 0 atom stereocenters. The van der Waals surface area contributed by atoms with Crippen molar-refractivity contribution in [3.8, 4) is 11.5 Å².